The molecule has 1 N–H and O–H groups in total. The van der Waals surface area contributed by atoms with Crippen molar-refractivity contribution < 1.29 is 38.5 Å². The second-order valence-corrected chi connectivity index (χ2v) is 11.1. The Hall–Kier alpha value is -1.96. The molecule has 4 aliphatic carbocycles. The van der Waals surface area contributed by atoms with Crippen molar-refractivity contribution in [1.29, 1.82) is 0 Å². The zero-order valence-corrected chi connectivity index (χ0v) is 20.2. The van der Waals surface area contributed by atoms with Crippen LogP contribution < -0.4 is 0 Å². The van der Waals surface area contributed by atoms with Crippen molar-refractivity contribution in [3.63, 3.8) is 0 Å². The Kier molecular flexibility index (Phi) is 5.91. The molecule has 8 heteroatoms. The smallest absolute Gasteiger partial charge is 0.309 e. The van der Waals surface area contributed by atoms with E-state index in [2.05, 4.69) is 6.92 Å². The predicted octanol–water partition coefficient (Wildman–Crippen LogP) is 2.59. The van der Waals surface area contributed by atoms with Crippen LogP contribution >= 0.6 is 0 Å². The number of carbonyl (C=O) groups is 4. The normalized spacial score (nSPS) is 46.4. The Bertz CT molecular complexity index is 868. The third kappa shape index (κ3) is 3.34. The van der Waals surface area contributed by atoms with Gasteiger partial charge in [-0.3, -0.25) is 19.2 Å². The molecule has 8 nitrogen and oxygen atoms in total. The molecule has 0 heterocycles. The summed E-state index contributed by atoms with van der Waals surface area (Å²) in [6.07, 6.45) is 3.04. The summed E-state index contributed by atoms with van der Waals surface area (Å²) in [7, 11) is 1.29. The van der Waals surface area contributed by atoms with Crippen LogP contribution in [0.1, 0.15) is 72.6 Å². The fraction of sp³-hybridized carbons (Fsp3) is 0.840. The van der Waals surface area contributed by atoms with Gasteiger partial charge in [0.1, 0.15) is 6.10 Å². The number of rotatable bonds is 3. The molecule has 0 unspecified atom stereocenters. The number of hydrogen-bond donors (Lipinski definition) is 1. The quantitative estimate of drug-likeness (QED) is 0.500. The minimum absolute atomic E-state index is 0.160. The molecule has 0 radical (unpaired) electrons. The van der Waals surface area contributed by atoms with Crippen molar-refractivity contribution >= 4 is 23.7 Å². The number of methoxy groups -OCH3 is 1. The first-order valence-electron chi connectivity index (χ1n) is 12.1. The largest absolute Gasteiger partial charge is 0.469 e. The topological polar surface area (TPSA) is 116 Å². The molecular formula is C25H36O8. The van der Waals surface area contributed by atoms with Gasteiger partial charge in [0.25, 0.3) is 0 Å². The highest BCUT2D eigenvalue weighted by atomic mass is 16.6. The molecule has 9 atom stereocenters. The van der Waals surface area contributed by atoms with E-state index in [1.54, 1.807) is 6.92 Å². The van der Waals surface area contributed by atoms with Crippen molar-refractivity contribution in [2.24, 2.45) is 34.5 Å². The van der Waals surface area contributed by atoms with Gasteiger partial charge in [-0.25, -0.2) is 0 Å². The van der Waals surface area contributed by atoms with Gasteiger partial charge in [0.2, 0.25) is 0 Å². The zero-order chi connectivity index (χ0) is 24.3. The molecular weight excluding hydrogens is 428 g/mol. The maximum absolute atomic E-state index is 14.1. The number of Topliss-reactive ketones (excluding diaryl/α,β-unsaturated/α-hetero) is 1. The molecule has 0 aromatic carbocycles. The van der Waals surface area contributed by atoms with E-state index in [1.807, 2.05) is 0 Å². The summed E-state index contributed by atoms with van der Waals surface area (Å²) in [5, 5.41) is 12.1. The second-order valence-electron chi connectivity index (χ2n) is 11.1. The number of fused-ring (bicyclic) bond motifs is 5. The molecule has 0 aliphatic heterocycles. The van der Waals surface area contributed by atoms with E-state index in [9.17, 15) is 24.3 Å². The molecule has 0 bridgehead atoms. The Labute approximate surface area is 194 Å². The molecule has 4 fully saturated rings. The Morgan fingerprint density at radius 2 is 1.64 bits per heavy atom. The molecule has 33 heavy (non-hydrogen) atoms. The average Bonchev–Trinajstić information content (AvgIpc) is 3.03. The summed E-state index contributed by atoms with van der Waals surface area (Å²) < 4.78 is 16.2. The van der Waals surface area contributed by atoms with E-state index in [-0.39, 0.29) is 41.0 Å². The summed E-state index contributed by atoms with van der Waals surface area (Å²) in [6.45, 7) is 6.48. The van der Waals surface area contributed by atoms with Gasteiger partial charge in [-0.05, 0) is 69.1 Å². The van der Waals surface area contributed by atoms with Crippen LogP contribution in [0.5, 0.6) is 0 Å². The summed E-state index contributed by atoms with van der Waals surface area (Å²) in [5.41, 5.74) is -3.11. The lowest BCUT2D eigenvalue weighted by atomic mass is 9.42. The highest BCUT2D eigenvalue weighted by Gasteiger charge is 2.75. The fourth-order valence-electron chi connectivity index (χ4n) is 8.15. The molecule has 184 valence electrons. The lowest BCUT2D eigenvalue weighted by Crippen LogP contribution is -2.71. The average molecular weight is 465 g/mol. The molecule has 0 amide bonds. The Balaban J connectivity index is 1.76. The first kappa shape index (κ1) is 24.2. The molecule has 0 aromatic heterocycles. The van der Waals surface area contributed by atoms with E-state index >= 15 is 0 Å². The van der Waals surface area contributed by atoms with Gasteiger partial charge in [-0.1, -0.05) is 6.92 Å². The third-order valence-corrected chi connectivity index (χ3v) is 9.74. The summed E-state index contributed by atoms with van der Waals surface area (Å²) in [5.74, 6) is -2.98. The van der Waals surface area contributed by atoms with Gasteiger partial charge >= 0.3 is 17.9 Å². The van der Waals surface area contributed by atoms with Crippen LogP contribution in [0.2, 0.25) is 0 Å². The number of ketones is 1. The standard InChI is InChI=1S/C25H36O8/c1-13(26)32-16-8-10-23(3)15(12-16)6-7-17-19(23)20(33-14(2)27)21(28)24(4)18(22(29)31-5)9-11-25(17,24)30/h15-20,30H,6-12H2,1-5H3/t15-,16+,17-,18-,19-,20+,23+,24+,25+/m1/s1. The van der Waals surface area contributed by atoms with E-state index < -0.39 is 35.0 Å². The molecule has 4 saturated carbocycles. The predicted molar refractivity (Wildman–Crippen MR) is 116 cm³/mol. The van der Waals surface area contributed by atoms with Crippen molar-refractivity contribution in [2.75, 3.05) is 7.11 Å². The molecule has 4 rings (SSSR count). The van der Waals surface area contributed by atoms with E-state index in [0.717, 1.165) is 6.42 Å². The number of ether oxygens (including phenoxy) is 3. The van der Waals surface area contributed by atoms with Crippen molar-refractivity contribution in [3.05, 3.63) is 0 Å². The number of esters is 3. The zero-order valence-electron chi connectivity index (χ0n) is 20.2. The Morgan fingerprint density at radius 1 is 0.970 bits per heavy atom. The van der Waals surface area contributed by atoms with E-state index in [1.165, 1.54) is 21.0 Å². The van der Waals surface area contributed by atoms with Crippen LogP contribution in [0.3, 0.4) is 0 Å². The monoisotopic (exact) mass is 464 g/mol. The first-order valence-corrected chi connectivity index (χ1v) is 12.1. The maximum atomic E-state index is 14.1. The number of carbonyl (C=O) groups excluding carboxylic acids is 4. The van der Waals surface area contributed by atoms with Crippen molar-refractivity contribution in [3.8, 4) is 0 Å². The summed E-state index contributed by atoms with van der Waals surface area (Å²) in [4.78, 5) is 50.3. The van der Waals surface area contributed by atoms with Crippen molar-refractivity contribution in [1.82, 2.24) is 0 Å². The number of hydrogen-bond acceptors (Lipinski definition) is 8. The van der Waals surface area contributed by atoms with Gasteiger partial charge in [-0.2, -0.15) is 0 Å². The summed E-state index contributed by atoms with van der Waals surface area (Å²) >= 11 is 0. The van der Waals surface area contributed by atoms with Gasteiger partial charge in [0, 0.05) is 19.8 Å². The minimum Gasteiger partial charge on any atom is -0.469 e. The number of aliphatic hydroxyl groups is 1. The van der Waals surface area contributed by atoms with E-state index in [0.29, 0.717) is 38.5 Å². The fourth-order valence-corrected chi connectivity index (χ4v) is 8.15. The van der Waals surface area contributed by atoms with Gasteiger partial charge in [0.05, 0.1) is 24.0 Å². The highest BCUT2D eigenvalue weighted by Crippen LogP contribution is 2.68. The second kappa shape index (κ2) is 8.07. The third-order valence-electron chi connectivity index (χ3n) is 9.74. The van der Waals surface area contributed by atoms with Crippen LogP contribution in [0, 0.1) is 34.5 Å². The lowest BCUT2D eigenvalue weighted by Gasteiger charge is -2.64. The highest BCUT2D eigenvalue weighted by molar-refractivity contribution is 5.97. The van der Waals surface area contributed by atoms with Gasteiger partial charge in [-0.15, -0.1) is 0 Å². The van der Waals surface area contributed by atoms with Crippen LogP contribution in [-0.4, -0.2) is 53.7 Å². The van der Waals surface area contributed by atoms with Crippen LogP contribution in [0.25, 0.3) is 0 Å². The van der Waals surface area contributed by atoms with E-state index in [4.69, 9.17) is 14.2 Å². The van der Waals surface area contributed by atoms with Crippen LogP contribution in [-0.2, 0) is 33.4 Å². The summed E-state index contributed by atoms with van der Waals surface area (Å²) in [6, 6.07) is 0. The van der Waals surface area contributed by atoms with Crippen molar-refractivity contribution in [2.45, 2.75) is 90.4 Å². The van der Waals surface area contributed by atoms with Crippen LogP contribution in [0.15, 0.2) is 0 Å². The molecule has 0 aromatic rings. The SMILES string of the molecule is COC(=O)[C@H]1CC[C@]2(O)[C@@H]3CC[C@@H]4C[C@@H](OC(C)=O)CC[C@]4(C)[C@H]3[C@H](OC(C)=O)C(=O)[C@]12C. The van der Waals surface area contributed by atoms with Crippen LogP contribution in [0.4, 0.5) is 0 Å². The molecule has 0 spiro atoms. The first-order chi connectivity index (χ1) is 15.4. The minimum atomic E-state index is -1.38. The molecule has 4 aliphatic rings. The lowest BCUT2D eigenvalue weighted by molar-refractivity contribution is -0.237. The maximum Gasteiger partial charge on any atom is 0.309 e. The van der Waals surface area contributed by atoms with Gasteiger partial charge < -0.3 is 19.3 Å². The van der Waals surface area contributed by atoms with Gasteiger partial charge in [0.15, 0.2) is 11.9 Å². The Morgan fingerprint density at radius 3 is 2.24 bits per heavy atom. The molecule has 0 saturated heterocycles.